The molecule has 0 spiro atoms. The minimum Gasteiger partial charge on any atom is -0.489 e. The molecule has 2 unspecified atom stereocenters. The van der Waals surface area contributed by atoms with Crippen molar-refractivity contribution >= 4 is 5.97 Å². The number of carbonyl (C=O) groups is 1. The molecule has 1 aliphatic heterocycles. The number of aliphatic carboxylic acids is 1. The van der Waals surface area contributed by atoms with Gasteiger partial charge in [-0.2, -0.15) is 0 Å². The highest BCUT2D eigenvalue weighted by molar-refractivity contribution is 5.73. The fraction of sp³-hybridized carbons (Fsp3) is 0.292. The lowest BCUT2D eigenvalue weighted by atomic mass is 9.94. The lowest BCUT2D eigenvalue weighted by molar-refractivity contribution is -0.145. The van der Waals surface area contributed by atoms with Gasteiger partial charge in [0.15, 0.2) is 0 Å². The summed E-state index contributed by atoms with van der Waals surface area (Å²) in [6, 6.07) is 20.9. The molecular formula is C24H25NO4. The van der Waals surface area contributed by atoms with E-state index in [0.29, 0.717) is 13.0 Å². The van der Waals surface area contributed by atoms with Crippen molar-refractivity contribution in [3.8, 4) is 5.75 Å². The number of carboxylic acid groups (broad SMARTS) is 1. The smallest absolute Gasteiger partial charge is 0.320 e. The van der Waals surface area contributed by atoms with E-state index in [-0.39, 0.29) is 6.04 Å². The van der Waals surface area contributed by atoms with E-state index in [0.717, 1.165) is 42.0 Å². The minimum absolute atomic E-state index is 0.258. The zero-order chi connectivity index (χ0) is 20.1. The summed E-state index contributed by atoms with van der Waals surface area (Å²) in [5.41, 5.74) is 2.07. The van der Waals surface area contributed by atoms with Crippen LogP contribution in [0.2, 0.25) is 0 Å². The number of nitrogens with zero attached hydrogens (tertiary/aromatic N) is 1. The Hall–Kier alpha value is -3.05. The molecule has 0 aliphatic carbocycles. The number of likely N-dealkylation sites (tertiary alicyclic amines) is 1. The minimum atomic E-state index is -0.780. The topological polar surface area (TPSA) is 62.9 Å². The van der Waals surface area contributed by atoms with Crippen molar-refractivity contribution in [1.29, 1.82) is 0 Å². The summed E-state index contributed by atoms with van der Waals surface area (Å²) in [6.45, 7) is 1.20. The fourth-order valence-electron chi connectivity index (χ4n) is 4.01. The predicted octanol–water partition coefficient (Wildman–Crippen LogP) is 4.89. The van der Waals surface area contributed by atoms with Crippen molar-refractivity contribution in [2.24, 2.45) is 0 Å². The van der Waals surface area contributed by atoms with Crippen LogP contribution in [0, 0.1) is 0 Å². The second kappa shape index (κ2) is 8.97. The monoisotopic (exact) mass is 391 g/mol. The molecule has 2 atom stereocenters. The summed E-state index contributed by atoms with van der Waals surface area (Å²) < 4.78 is 11.7. The molecule has 0 amide bonds. The van der Waals surface area contributed by atoms with Crippen molar-refractivity contribution in [1.82, 2.24) is 4.90 Å². The lowest BCUT2D eigenvalue weighted by Crippen LogP contribution is -2.46. The number of hydrogen-bond acceptors (Lipinski definition) is 4. The molecule has 5 heteroatoms. The first kappa shape index (κ1) is 19.3. The Labute approximate surface area is 170 Å². The van der Waals surface area contributed by atoms with Gasteiger partial charge in [0.1, 0.15) is 24.2 Å². The van der Waals surface area contributed by atoms with E-state index in [4.69, 9.17) is 9.15 Å². The van der Waals surface area contributed by atoms with Gasteiger partial charge >= 0.3 is 5.97 Å². The summed E-state index contributed by atoms with van der Waals surface area (Å²) in [4.78, 5) is 13.9. The van der Waals surface area contributed by atoms with Gasteiger partial charge in [-0.1, -0.05) is 48.9 Å². The van der Waals surface area contributed by atoms with Crippen molar-refractivity contribution in [2.75, 3.05) is 6.54 Å². The summed E-state index contributed by atoms with van der Waals surface area (Å²) in [7, 11) is 0. The first-order valence-electron chi connectivity index (χ1n) is 10.0. The van der Waals surface area contributed by atoms with Gasteiger partial charge in [0, 0.05) is 6.54 Å². The van der Waals surface area contributed by atoms with Crippen LogP contribution in [0.1, 0.15) is 42.2 Å². The van der Waals surface area contributed by atoms with Crippen LogP contribution in [0.4, 0.5) is 0 Å². The van der Waals surface area contributed by atoms with E-state index >= 15 is 0 Å². The third kappa shape index (κ3) is 4.51. The first-order chi connectivity index (χ1) is 14.2. The fourth-order valence-corrected chi connectivity index (χ4v) is 4.01. The largest absolute Gasteiger partial charge is 0.489 e. The summed E-state index contributed by atoms with van der Waals surface area (Å²) in [6.07, 6.45) is 4.19. The third-order valence-electron chi connectivity index (χ3n) is 5.40. The van der Waals surface area contributed by atoms with Gasteiger partial charge in [-0.15, -0.1) is 0 Å². The van der Waals surface area contributed by atoms with Crippen molar-refractivity contribution < 1.29 is 19.1 Å². The standard InChI is InChI=1S/C24H25NO4/c26-24(27)21-12-4-5-14-25(21)23(22-13-7-15-28-22)19-10-6-11-20(16-19)29-17-18-8-2-1-3-9-18/h1-3,6-11,13,15-16,21,23H,4-5,12,14,17H2,(H,26,27). The highest BCUT2D eigenvalue weighted by Gasteiger charge is 2.36. The molecule has 29 heavy (non-hydrogen) atoms. The second-order valence-electron chi connectivity index (χ2n) is 7.35. The Morgan fingerprint density at radius 1 is 1.10 bits per heavy atom. The van der Waals surface area contributed by atoms with Gasteiger partial charge in [0.2, 0.25) is 0 Å². The Morgan fingerprint density at radius 3 is 2.72 bits per heavy atom. The molecule has 2 aromatic carbocycles. The average Bonchev–Trinajstić information content (AvgIpc) is 3.28. The highest BCUT2D eigenvalue weighted by atomic mass is 16.5. The molecule has 5 nitrogen and oxygen atoms in total. The van der Waals surface area contributed by atoms with Crippen LogP contribution in [0.15, 0.2) is 77.4 Å². The zero-order valence-corrected chi connectivity index (χ0v) is 16.2. The van der Waals surface area contributed by atoms with E-state index in [9.17, 15) is 9.90 Å². The molecule has 1 fully saturated rings. The second-order valence-corrected chi connectivity index (χ2v) is 7.35. The Morgan fingerprint density at radius 2 is 1.97 bits per heavy atom. The molecule has 0 radical (unpaired) electrons. The predicted molar refractivity (Wildman–Crippen MR) is 110 cm³/mol. The van der Waals surface area contributed by atoms with Crippen LogP contribution in [0.3, 0.4) is 0 Å². The van der Waals surface area contributed by atoms with Crippen LogP contribution in [0.25, 0.3) is 0 Å². The summed E-state index contributed by atoms with van der Waals surface area (Å²) >= 11 is 0. The maximum atomic E-state index is 11.9. The Bertz CT molecular complexity index is 923. The number of rotatable bonds is 7. The number of carboxylic acids is 1. The zero-order valence-electron chi connectivity index (χ0n) is 16.2. The van der Waals surface area contributed by atoms with E-state index < -0.39 is 12.0 Å². The van der Waals surface area contributed by atoms with Crippen molar-refractivity contribution in [2.45, 2.75) is 38.0 Å². The van der Waals surface area contributed by atoms with E-state index in [1.54, 1.807) is 6.26 Å². The number of piperidine rings is 1. The van der Waals surface area contributed by atoms with E-state index in [1.165, 1.54) is 0 Å². The molecule has 2 heterocycles. The number of furan rings is 1. The molecule has 4 rings (SSSR count). The molecule has 0 bridgehead atoms. The maximum Gasteiger partial charge on any atom is 0.320 e. The SMILES string of the molecule is O=C(O)C1CCCCN1C(c1cccc(OCc2ccccc2)c1)c1ccco1. The van der Waals surface area contributed by atoms with Crippen LogP contribution in [0.5, 0.6) is 5.75 Å². The molecule has 1 N–H and O–H groups in total. The maximum absolute atomic E-state index is 11.9. The van der Waals surface area contributed by atoms with Gasteiger partial charge < -0.3 is 14.3 Å². The molecule has 150 valence electrons. The average molecular weight is 391 g/mol. The molecular weight excluding hydrogens is 366 g/mol. The number of benzene rings is 2. The van der Waals surface area contributed by atoms with Crippen LogP contribution >= 0.6 is 0 Å². The van der Waals surface area contributed by atoms with Gasteiger partial charge in [0.25, 0.3) is 0 Å². The highest BCUT2D eigenvalue weighted by Crippen LogP contribution is 2.35. The van der Waals surface area contributed by atoms with Crippen LogP contribution < -0.4 is 4.74 Å². The molecule has 3 aromatic rings. The molecule has 1 aliphatic rings. The van der Waals surface area contributed by atoms with Gasteiger partial charge in [-0.05, 0) is 48.2 Å². The summed E-state index contributed by atoms with van der Waals surface area (Å²) in [5, 5.41) is 9.77. The first-order valence-corrected chi connectivity index (χ1v) is 10.0. The molecule has 0 saturated carbocycles. The third-order valence-corrected chi connectivity index (χ3v) is 5.40. The van der Waals surface area contributed by atoms with Gasteiger partial charge in [-0.3, -0.25) is 9.69 Å². The summed E-state index contributed by atoms with van der Waals surface area (Å²) in [5.74, 6) is 0.725. The Balaban J connectivity index is 1.62. The van der Waals surface area contributed by atoms with E-state index in [1.807, 2.05) is 71.6 Å². The van der Waals surface area contributed by atoms with Gasteiger partial charge in [-0.25, -0.2) is 0 Å². The molecule has 1 aromatic heterocycles. The van der Waals surface area contributed by atoms with Crippen LogP contribution in [-0.4, -0.2) is 28.6 Å². The van der Waals surface area contributed by atoms with E-state index in [2.05, 4.69) is 0 Å². The normalized spacial score (nSPS) is 18.3. The van der Waals surface area contributed by atoms with Crippen LogP contribution in [-0.2, 0) is 11.4 Å². The quantitative estimate of drug-likeness (QED) is 0.621. The number of hydrogen-bond donors (Lipinski definition) is 1. The van der Waals surface area contributed by atoms with Crippen molar-refractivity contribution in [3.05, 3.63) is 89.9 Å². The number of ether oxygens (including phenoxy) is 1. The lowest BCUT2D eigenvalue weighted by Gasteiger charge is -2.38. The Kier molecular flexibility index (Phi) is 5.96. The van der Waals surface area contributed by atoms with Crippen molar-refractivity contribution in [3.63, 3.8) is 0 Å². The molecule has 1 saturated heterocycles. The van der Waals surface area contributed by atoms with Gasteiger partial charge in [0.05, 0.1) is 12.3 Å².